The van der Waals surface area contributed by atoms with Gasteiger partial charge in [0.05, 0.1) is 11.6 Å². The number of aromatic nitrogens is 1. The molecular weight excluding hydrogens is 184 g/mol. The minimum Gasteiger partial charge on any atom is -0.261 e. The molecule has 0 aliphatic heterocycles. The van der Waals surface area contributed by atoms with Crippen molar-refractivity contribution in [3.05, 3.63) is 53.9 Å². The number of hydrogen-bond donors (Lipinski definition) is 0. The summed E-state index contributed by atoms with van der Waals surface area (Å²) >= 11 is 0. The van der Waals surface area contributed by atoms with Crippen LogP contribution in [-0.2, 0) is 0 Å². The predicted molar refractivity (Wildman–Crippen MR) is 59.1 cm³/mol. The van der Waals surface area contributed by atoms with Gasteiger partial charge in [-0.2, -0.15) is 5.26 Å². The Morgan fingerprint density at radius 3 is 2.60 bits per heavy atom. The van der Waals surface area contributed by atoms with Gasteiger partial charge in [-0.3, -0.25) is 4.98 Å². The van der Waals surface area contributed by atoms with Crippen molar-refractivity contribution in [3.8, 4) is 17.2 Å². The van der Waals surface area contributed by atoms with E-state index in [9.17, 15) is 0 Å². The highest BCUT2D eigenvalue weighted by Crippen LogP contribution is 2.22. The van der Waals surface area contributed by atoms with Crippen LogP contribution in [0, 0.1) is 18.3 Å². The summed E-state index contributed by atoms with van der Waals surface area (Å²) in [5.74, 6) is 0. The summed E-state index contributed by atoms with van der Waals surface area (Å²) in [5, 5.41) is 9.03. The summed E-state index contributed by atoms with van der Waals surface area (Å²) < 4.78 is 0. The third-order valence-electron chi connectivity index (χ3n) is 2.25. The lowest BCUT2D eigenvalue weighted by Crippen LogP contribution is -1.88. The van der Waals surface area contributed by atoms with Crippen LogP contribution in [-0.4, -0.2) is 4.98 Å². The molecule has 2 nitrogen and oxygen atoms in total. The van der Waals surface area contributed by atoms with E-state index in [4.69, 9.17) is 5.26 Å². The molecule has 0 saturated carbocycles. The lowest BCUT2D eigenvalue weighted by atomic mass is 10.0. The maximum absolute atomic E-state index is 9.03. The average Bonchev–Trinajstić information content (AvgIpc) is 2.30. The SMILES string of the molecule is Cc1cc(C#N)c(-c2ccccc2)cn1. The molecule has 0 spiro atoms. The van der Waals surface area contributed by atoms with Gasteiger partial charge in [0.2, 0.25) is 0 Å². The van der Waals surface area contributed by atoms with Crippen LogP contribution in [0.5, 0.6) is 0 Å². The quantitative estimate of drug-likeness (QED) is 0.699. The van der Waals surface area contributed by atoms with E-state index in [-0.39, 0.29) is 0 Å². The molecule has 0 aliphatic rings. The highest BCUT2D eigenvalue weighted by Gasteiger charge is 2.04. The minimum absolute atomic E-state index is 0.675. The Labute approximate surface area is 88.8 Å². The third-order valence-corrected chi connectivity index (χ3v) is 2.25. The van der Waals surface area contributed by atoms with Gasteiger partial charge in [0.25, 0.3) is 0 Å². The maximum Gasteiger partial charge on any atom is 0.0999 e. The van der Waals surface area contributed by atoms with Gasteiger partial charge in [0.1, 0.15) is 0 Å². The van der Waals surface area contributed by atoms with Crippen LogP contribution < -0.4 is 0 Å². The van der Waals surface area contributed by atoms with Crippen LogP contribution in [0.1, 0.15) is 11.3 Å². The van der Waals surface area contributed by atoms with Crippen molar-refractivity contribution in [2.75, 3.05) is 0 Å². The number of rotatable bonds is 1. The molecule has 72 valence electrons. The van der Waals surface area contributed by atoms with E-state index < -0.39 is 0 Å². The Hall–Kier alpha value is -2.14. The third kappa shape index (κ3) is 1.87. The molecule has 0 N–H and O–H groups in total. The fraction of sp³-hybridized carbons (Fsp3) is 0.0769. The number of nitriles is 1. The summed E-state index contributed by atoms with van der Waals surface area (Å²) in [7, 11) is 0. The molecule has 0 saturated heterocycles. The zero-order valence-corrected chi connectivity index (χ0v) is 8.44. The molecule has 0 radical (unpaired) electrons. The summed E-state index contributed by atoms with van der Waals surface area (Å²) in [6.45, 7) is 1.88. The predicted octanol–water partition coefficient (Wildman–Crippen LogP) is 2.93. The Morgan fingerprint density at radius 2 is 1.93 bits per heavy atom. The highest BCUT2D eigenvalue weighted by atomic mass is 14.7. The molecule has 0 atom stereocenters. The van der Waals surface area contributed by atoms with Crippen molar-refractivity contribution in [1.29, 1.82) is 5.26 Å². The Morgan fingerprint density at radius 1 is 1.20 bits per heavy atom. The highest BCUT2D eigenvalue weighted by molar-refractivity contribution is 5.69. The van der Waals surface area contributed by atoms with E-state index in [2.05, 4.69) is 11.1 Å². The van der Waals surface area contributed by atoms with Crippen LogP contribution in [0.2, 0.25) is 0 Å². The first kappa shape index (κ1) is 9.42. The molecule has 2 rings (SSSR count). The van der Waals surface area contributed by atoms with Crippen LogP contribution in [0.4, 0.5) is 0 Å². The Kier molecular flexibility index (Phi) is 2.47. The second-order valence-electron chi connectivity index (χ2n) is 3.35. The average molecular weight is 194 g/mol. The van der Waals surface area contributed by atoms with E-state index in [1.165, 1.54) is 0 Å². The second-order valence-corrected chi connectivity index (χ2v) is 3.35. The molecule has 0 amide bonds. The van der Waals surface area contributed by atoms with Crippen LogP contribution in [0.25, 0.3) is 11.1 Å². The number of benzene rings is 1. The lowest BCUT2D eigenvalue weighted by Gasteiger charge is -2.03. The van der Waals surface area contributed by atoms with Crippen LogP contribution in [0.3, 0.4) is 0 Å². The molecule has 1 heterocycles. The molecule has 1 aromatic heterocycles. The van der Waals surface area contributed by atoms with Crippen molar-refractivity contribution < 1.29 is 0 Å². The first-order valence-electron chi connectivity index (χ1n) is 4.73. The van der Waals surface area contributed by atoms with Gasteiger partial charge in [-0.15, -0.1) is 0 Å². The van der Waals surface area contributed by atoms with Gasteiger partial charge in [0.15, 0.2) is 0 Å². The van der Waals surface area contributed by atoms with E-state index in [0.29, 0.717) is 5.56 Å². The molecule has 15 heavy (non-hydrogen) atoms. The summed E-state index contributed by atoms with van der Waals surface area (Å²) in [5.41, 5.74) is 3.46. The largest absolute Gasteiger partial charge is 0.261 e. The molecule has 0 bridgehead atoms. The van der Waals surface area contributed by atoms with Gasteiger partial charge in [-0.1, -0.05) is 30.3 Å². The Bertz CT molecular complexity index is 510. The van der Waals surface area contributed by atoms with E-state index in [0.717, 1.165) is 16.8 Å². The fourth-order valence-electron chi connectivity index (χ4n) is 1.50. The van der Waals surface area contributed by atoms with Crippen molar-refractivity contribution in [2.24, 2.45) is 0 Å². The number of aryl methyl sites for hydroxylation is 1. The van der Waals surface area contributed by atoms with Gasteiger partial charge < -0.3 is 0 Å². The molecule has 2 aromatic rings. The topological polar surface area (TPSA) is 36.7 Å². The Balaban J connectivity index is 2.60. The molecular formula is C13H10N2. The van der Waals surface area contributed by atoms with Gasteiger partial charge in [-0.05, 0) is 18.6 Å². The number of pyridine rings is 1. The van der Waals surface area contributed by atoms with Crippen molar-refractivity contribution in [3.63, 3.8) is 0 Å². The summed E-state index contributed by atoms with van der Waals surface area (Å²) in [6.07, 6.45) is 1.75. The fourth-order valence-corrected chi connectivity index (χ4v) is 1.50. The zero-order chi connectivity index (χ0) is 10.7. The lowest BCUT2D eigenvalue weighted by molar-refractivity contribution is 1.19. The van der Waals surface area contributed by atoms with Crippen molar-refractivity contribution >= 4 is 0 Å². The van der Waals surface area contributed by atoms with Gasteiger partial charge in [0, 0.05) is 17.5 Å². The van der Waals surface area contributed by atoms with Crippen LogP contribution in [0.15, 0.2) is 42.6 Å². The number of hydrogen-bond acceptors (Lipinski definition) is 2. The van der Waals surface area contributed by atoms with Gasteiger partial charge in [-0.25, -0.2) is 0 Å². The maximum atomic E-state index is 9.03. The zero-order valence-electron chi connectivity index (χ0n) is 8.44. The monoisotopic (exact) mass is 194 g/mol. The molecule has 0 aliphatic carbocycles. The molecule has 1 aromatic carbocycles. The van der Waals surface area contributed by atoms with Gasteiger partial charge >= 0.3 is 0 Å². The number of nitrogens with zero attached hydrogens (tertiary/aromatic N) is 2. The van der Waals surface area contributed by atoms with E-state index in [1.54, 1.807) is 6.20 Å². The molecule has 0 unspecified atom stereocenters. The minimum atomic E-state index is 0.675. The van der Waals surface area contributed by atoms with Crippen LogP contribution >= 0.6 is 0 Å². The van der Waals surface area contributed by atoms with E-state index in [1.807, 2.05) is 43.3 Å². The van der Waals surface area contributed by atoms with E-state index >= 15 is 0 Å². The molecule has 0 fully saturated rings. The van der Waals surface area contributed by atoms with Crippen molar-refractivity contribution in [1.82, 2.24) is 4.98 Å². The summed E-state index contributed by atoms with van der Waals surface area (Å²) in [6, 6.07) is 13.8. The molecule has 2 heteroatoms. The first-order valence-corrected chi connectivity index (χ1v) is 4.73. The summed E-state index contributed by atoms with van der Waals surface area (Å²) in [4.78, 5) is 4.21. The first-order chi connectivity index (χ1) is 7.31. The standard InChI is InChI=1S/C13H10N2/c1-10-7-12(8-14)13(9-15-10)11-5-3-2-4-6-11/h2-7,9H,1H3. The van der Waals surface area contributed by atoms with Crippen molar-refractivity contribution in [2.45, 2.75) is 6.92 Å². The second kappa shape index (κ2) is 3.93. The normalized spacial score (nSPS) is 9.60. The smallest absolute Gasteiger partial charge is 0.0999 e.